The van der Waals surface area contributed by atoms with Crippen LogP contribution in [0.1, 0.15) is 55.5 Å². The lowest BCUT2D eigenvalue weighted by atomic mass is 9.83. The second-order valence-electron chi connectivity index (χ2n) is 6.75. The number of benzene rings is 2. The van der Waals surface area contributed by atoms with Crippen molar-refractivity contribution in [1.82, 2.24) is 0 Å². The van der Waals surface area contributed by atoms with Gasteiger partial charge < -0.3 is 0 Å². The Kier molecular flexibility index (Phi) is 4.32. The molecular formula is C20H26. The van der Waals surface area contributed by atoms with Crippen molar-refractivity contribution in [3.05, 3.63) is 70.3 Å². The van der Waals surface area contributed by atoms with E-state index in [-0.39, 0.29) is 5.41 Å². The third-order valence-electron chi connectivity index (χ3n) is 3.94. The van der Waals surface area contributed by atoms with E-state index in [1.165, 1.54) is 27.8 Å². The fourth-order valence-electron chi connectivity index (χ4n) is 2.81. The van der Waals surface area contributed by atoms with Gasteiger partial charge in [-0.2, -0.15) is 0 Å². The van der Waals surface area contributed by atoms with Crippen molar-refractivity contribution in [2.75, 3.05) is 0 Å². The zero-order valence-electron chi connectivity index (χ0n) is 13.5. The molecule has 0 heteroatoms. The molecule has 0 spiro atoms. The number of aryl methyl sites for hydroxylation is 2. The normalized spacial score (nSPS) is 11.7. The average molecular weight is 266 g/mol. The number of rotatable bonds is 3. The van der Waals surface area contributed by atoms with E-state index >= 15 is 0 Å². The van der Waals surface area contributed by atoms with Gasteiger partial charge in [0.15, 0.2) is 0 Å². The summed E-state index contributed by atoms with van der Waals surface area (Å²) >= 11 is 0. The molecule has 0 aliphatic carbocycles. The van der Waals surface area contributed by atoms with Gasteiger partial charge in [-0.3, -0.25) is 0 Å². The Morgan fingerprint density at radius 1 is 0.800 bits per heavy atom. The van der Waals surface area contributed by atoms with E-state index < -0.39 is 0 Å². The van der Waals surface area contributed by atoms with Gasteiger partial charge in [0.2, 0.25) is 0 Å². The van der Waals surface area contributed by atoms with Gasteiger partial charge in [-0.25, -0.2) is 0 Å². The summed E-state index contributed by atoms with van der Waals surface area (Å²) in [5.41, 5.74) is 7.28. The predicted molar refractivity (Wildman–Crippen MR) is 88.5 cm³/mol. The highest BCUT2D eigenvalue weighted by Crippen LogP contribution is 2.26. The summed E-state index contributed by atoms with van der Waals surface area (Å²) in [5, 5.41) is 0. The van der Waals surface area contributed by atoms with Gasteiger partial charge in [-0.1, -0.05) is 70.2 Å². The molecule has 0 aliphatic heterocycles. The van der Waals surface area contributed by atoms with E-state index in [1.807, 2.05) is 0 Å². The highest BCUT2D eigenvalue weighted by atomic mass is 14.2. The molecule has 20 heavy (non-hydrogen) atoms. The molecule has 0 aliphatic rings. The molecule has 0 unspecified atom stereocenters. The Hall–Kier alpha value is -1.56. The second-order valence-corrected chi connectivity index (χ2v) is 6.75. The highest BCUT2D eigenvalue weighted by Gasteiger charge is 2.15. The fourth-order valence-corrected chi connectivity index (χ4v) is 2.81. The molecule has 0 radical (unpaired) electrons. The maximum Gasteiger partial charge on any atom is -0.00257 e. The minimum absolute atomic E-state index is 0.228. The zero-order valence-corrected chi connectivity index (χ0v) is 13.5. The monoisotopic (exact) mass is 266 g/mol. The first-order chi connectivity index (χ1) is 9.40. The first-order valence-electron chi connectivity index (χ1n) is 7.58. The van der Waals surface area contributed by atoms with E-state index in [9.17, 15) is 0 Å². The summed E-state index contributed by atoms with van der Waals surface area (Å²) in [6.07, 6.45) is 2.13. The molecule has 2 aromatic rings. The average Bonchev–Trinajstić information content (AvgIpc) is 2.38. The fraction of sp³-hybridized carbons (Fsp3) is 0.400. The highest BCUT2D eigenvalue weighted by molar-refractivity contribution is 5.38. The van der Waals surface area contributed by atoms with E-state index in [4.69, 9.17) is 0 Å². The molecule has 106 valence electrons. The number of hydrogen-bond acceptors (Lipinski definition) is 0. The van der Waals surface area contributed by atoms with Crippen LogP contribution >= 0.6 is 0 Å². The van der Waals surface area contributed by atoms with E-state index in [0.717, 1.165) is 12.8 Å². The molecule has 0 saturated carbocycles. The number of hydrogen-bond donors (Lipinski definition) is 0. The van der Waals surface area contributed by atoms with Crippen LogP contribution in [0.15, 0.2) is 42.5 Å². The van der Waals surface area contributed by atoms with Crippen LogP contribution in [0.5, 0.6) is 0 Å². The van der Waals surface area contributed by atoms with Crippen LogP contribution in [0.4, 0.5) is 0 Å². The van der Waals surface area contributed by atoms with Gasteiger partial charge in [0, 0.05) is 0 Å². The van der Waals surface area contributed by atoms with Crippen LogP contribution in [0.3, 0.4) is 0 Å². The quantitative estimate of drug-likeness (QED) is 0.693. The summed E-state index contributed by atoms with van der Waals surface area (Å²) in [7, 11) is 0. The van der Waals surface area contributed by atoms with Crippen molar-refractivity contribution in [3.63, 3.8) is 0 Å². The van der Waals surface area contributed by atoms with Crippen molar-refractivity contribution >= 4 is 0 Å². The van der Waals surface area contributed by atoms with Crippen molar-refractivity contribution in [2.45, 2.75) is 52.9 Å². The largest absolute Gasteiger partial charge is 0.0613 e. The lowest BCUT2D eigenvalue weighted by Crippen LogP contribution is -2.13. The van der Waals surface area contributed by atoms with E-state index in [0.29, 0.717) is 0 Å². The Balaban J connectivity index is 2.19. The van der Waals surface area contributed by atoms with Crippen LogP contribution in [0.25, 0.3) is 0 Å². The second kappa shape index (κ2) is 5.83. The minimum Gasteiger partial charge on any atom is -0.0613 e. The summed E-state index contributed by atoms with van der Waals surface area (Å²) in [6.45, 7) is 11.3. The van der Waals surface area contributed by atoms with Crippen molar-refractivity contribution < 1.29 is 0 Å². The van der Waals surface area contributed by atoms with Gasteiger partial charge in [-0.15, -0.1) is 0 Å². The SMILES string of the molecule is CCc1ccc(Cc2ccc(C(C)(C)C)c(C)c2)cc1. The predicted octanol–water partition coefficient (Wildman–Crippen LogP) is 5.45. The van der Waals surface area contributed by atoms with Gasteiger partial charge in [0.05, 0.1) is 0 Å². The van der Waals surface area contributed by atoms with Gasteiger partial charge in [-0.05, 0) is 53.0 Å². The Morgan fingerprint density at radius 3 is 1.85 bits per heavy atom. The van der Waals surface area contributed by atoms with Crippen LogP contribution in [-0.4, -0.2) is 0 Å². The maximum absolute atomic E-state index is 2.34. The zero-order chi connectivity index (χ0) is 14.8. The third kappa shape index (κ3) is 3.50. The van der Waals surface area contributed by atoms with Crippen LogP contribution in [-0.2, 0) is 18.3 Å². The molecule has 0 nitrogen and oxygen atoms in total. The molecule has 0 heterocycles. The first-order valence-corrected chi connectivity index (χ1v) is 7.58. The van der Waals surface area contributed by atoms with Crippen molar-refractivity contribution in [1.29, 1.82) is 0 Å². The molecule has 0 fully saturated rings. The van der Waals surface area contributed by atoms with E-state index in [2.05, 4.69) is 77.1 Å². The Morgan fingerprint density at radius 2 is 1.35 bits per heavy atom. The topological polar surface area (TPSA) is 0 Å². The summed E-state index contributed by atoms with van der Waals surface area (Å²) in [4.78, 5) is 0. The molecule has 0 amide bonds. The first kappa shape index (κ1) is 14.8. The maximum atomic E-state index is 2.34. The lowest BCUT2D eigenvalue weighted by Gasteiger charge is -2.22. The molecule has 0 atom stereocenters. The van der Waals surface area contributed by atoms with Crippen molar-refractivity contribution in [3.8, 4) is 0 Å². The van der Waals surface area contributed by atoms with Crippen LogP contribution in [0.2, 0.25) is 0 Å². The van der Waals surface area contributed by atoms with Crippen LogP contribution in [0, 0.1) is 6.92 Å². The third-order valence-corrected chi connectivity index (χ3v) is 3.94. The van der Waals surface area contributed by atoms with Crippen molar-refractivity contribution in [2.24, 2.45) is 0 Å². The molecular weight excluding hydrogens is 240 g/mol. The van der Waals surface area contributed by atoms with Crippen LogP contribution < -0.4 is 0 Å². The van der Waals surface area contributed by atoms with Gasteiger partial charge >= 0.3 is 0 Å². The molecule has 2 aromatic carbocycles. The molecule has 0 bridgehead atoms. The van der Waals surface area contributed by atoms with E-state index in [1.54, 1.807) is 0 Å². The van der Waals surface area contributed by atoms with Gasteiger partial charge in [0.25, 0.3) is 0 Å². The molecule has 0 aromatic heterocycles. The summed E-state index contributed by atoms with van der Waals surface area (Å²) < 4.78 is 0. The molecule has 0 N–H and O–H groups in total. The molecule has 0 saturated heterocycles. The Labute approximate surface area is 123 Å². The summed E-state index contributed by atoms with van der Waals surface area (Å²) in [6, 6.07) is 15.9. The Bertz CT molecular complexity index is 568. The molecule has 2 rings (SSSR count). The standard InChI is InChI=1S/C20H26/c1-6-16-7-9-17(10-8-16)14-18-11-12-19(15(2)13-18)20(3,4)5/h7-13H,6,14H2,1-5H3. The lowest BCUT2D eigenvalue weighted by molar-refractivity contribution is 0.586. The van der Waals surface area contributed by atoms with Gasteiger partial charge in [0.1, 0.15) is 0 Å². The smallest absolute Gasteiger partial charge is 0.00257 e. The minimum atomic E-state index is 0.228. The summed E-state index contributed by atoms with van der Waals surface area (Å²) in [5.74, 6) is 0.